The number of pyridine rings is 1. The van der Waals surface area contributed by atoms with E-state index in [9.17, 15) is 15.0 Å². The number of carbonyl (C=O) groups excluding carboxylic acids is 1. The molecule has 2 aromatic carbocycles. The highest BCUT2D eigenvalue weighted by atomic mass is 16.6. The van der Waals surface area contributed by atoms with Gasteiger partial charge in [-0.05, 0) is 44.9 Å². The highest BCUT2D eigenvalue weighted by Gasteiger charge is 2.55. The van der Waals surface area contributed by atoms with Crippen LogP contribution in [0.4, 0.5) is 4.79 Å². The third kappa shape index (κ3) is 5.03. The molecule has 0 spiro atoms. The predicted octanol–water partition coefficient (Wildman–Crippen LogP) is 5.16. The summed E-state index contributed by atoms with van der Waals surface area (Å²) in [5.41, 5.74) is 3.93. The molecule has 9 nitrogen and oxygen atoms in total. The van der Waals surface area contributed by atoms with Crippen LogP contribution in [-0.4, -0.2) is 53.7 Å². The summed E-state index contributed by atoms with van der Waals surface area (Å²) in [5.74, 6) is 0. The van der Waals surface area contributed by atoms with Crippen molar-refractivity contribution in [1.29, 1.82) is 0 Å². The van der Waals surface area contributed by atoms with E-state index in [4.69, 9.17) is 9.72 Å². The molecule has 0 aliphatic heterocycles. The number of nitrogens with zero attached hydrogens (tertiary/aromatic N) is 4. The zero-order valence-corrected chi connectivity index (χ0v) is 23.5. The average molecular weight is 552 g/mol. The number of aliphatic hydroxyl groups is 2. The topological polar surface area (TPSA) is 122 Å². The van der Waals surface area contributed by atoms with Crippen LogP contribution in [0.2, 0.25) is 0 Å². The Hall–Kier alpha value is -4.34. The van der Waals surface area contributed by atoms with E-state index in [2.05, 4.69) is 33.6 Å². The first kappa shape index (κ1) is 26.9. The van der Waals surface area contributed by atoms with Gasteiger partial charge in [0.05, 0.1) is 29.1 Å². The van der Waals surface area contributed by atoms with Crippen LogP contribution in [-0.2, 0) is 10.3 Å². The van der Waals surface area contributed by atoms with Crippen molar-refractivity contribution in [3.63, 3.8) is 0 Å². The third-order valence-corrected chi connectivity index (χ3v) is 7.47. The van der Waals surface area contributed by atoms with Crippen LogP contribution in [0, 0.1) is 6.92 Å². The number of hydrogen-bond acceptors (Lipinski definition) is 7. The van der Waals surface area contributed by atoms with Crippen LogP contribution in [0.25, 0.3) is 39.1 Å². The molecule has 5 aromatic rings. The normalized spacial score (nSPS) is 20.6. The van der Waals surface area contributed by atoms with Crippen LogP contribution in [0.3, 0.4) is 0 Å². The molecule has 0 atom stereocenters. The molecule has 210 valence electrons. The second-order valence-electron chi connectivity index (χ2n) is 12.0. The number of alkyl carbamates (subject to hydrolysis) is 1. The molecule has 1 fully saturated rings. The Balaban J connectivity index is 1.44. The second-order valence-corrected chi connectivity index (χ2v) is 12.0. The number of carbonyl (C=O) groups is 1. The minimum Gasteiger partial charge on any atom is -0.444 e. The molecule has 0 bridgehead atoms. The van der Waals surface area contributed by atoms with Gasteiger partial charge in [-0.15, -0.1) is 0 Å². The molecule has 1 aliphatic rings. The van der Waals surface area contributed by atoms with Crippen LogP contribution in [0.1, 0.15) is 44.9 Å². The average Bonchev–Trinajstić information content (AvgIpc) is 3.31. The predicted molar refractivity (Wildman–Crippen MR) is 156 cm³/mol. The molecule has 6 rings (SSSR count). The van der Waals surface area contributed by atoms with Gasteiger partial charge in [0.1, 0.15) is 5.60 Å². The number of hydrogen-bond donors (Lipinski definition) is 3. The number of aliphatic hydroxyl groups excluding tert-OH is 1. The summed E-state index contributed by atoms with van der Waals surface area (Å²) in [6.45, 7) is 6.94. The summed E-state index contributed by atoms with van der Waals surface area (Å²) in [7, 11) is 0. The second kappa shape index (κ2) is 9.64. The lowest BCUT2D eigenvalue weighted by molar-refractivity contribution is -0.131. The number of nitrogens with one attached hydrogen (secondary N) is 1. The van der Waals surface area contributed by atoms with Gasteiger partial charge in [0.2, 0.25) is 0 Å². The van der Waals surface area contributed by atoms with Crippen molar-refractivity contribution in [3.05, 3.63) is 84.2 Å². The fraction of sp³-hybridized carbons (Fsp3) is 0.312. The first-order valence-corrected chi connectivity index (χ1v) is 13.6. The molecule has 1 amide bonds. The fourth-order valence-corrected chi connectivity index (χ4v) is 5.71. The molecular formula is C32H33N5O4. The number of benzene rings is 2. The minimum atomic E-state index is -1.27. The molecule has 3 aromatic heterocycles. The Morgan fingerprint density at radius 3 is 2.41 bits per heavy atom. The van der Waals surface area contributed by atoms with Crippen molar-refractivity contribution in [2.45, 2.75) is 57.3 Å². The maximum atomic E-state index is 12.8. The van der Waals surface area contributed by atoms with E-state index in [-0.39, 0.29) is 19.4 Å². The van der Waals surface area contributed by atoms with Crippen molar-refractivity contribution in [2.75, 3.05) is 6.61 Å². The monoisotopic (exact) mass is 551 g/mol. The highest BCUT2D eigenvalue weighted by Crippen LogP contribution is 2.49. The summed E-state index contributed by atoms with van der Waals surface area (Å²) in [4.78, 5) is 22.4. The molecule has 1 saturated carbocycles. The highest BCUT2D eigenvalue weighted by molar-refractivity contribution is 5.90. The Labute approximate surface area is 237 Å². The van der Waals surface area contributed by atoms with E-state index in [1.807, 2.05) is 61.7 Å². The van der Waals surface area contributed by atoms with Crippen LogP contribution in [0.5, 0.6) is 0 Å². The van der Waals surface area contributed by atoms with Crippen LogP contribution in [0.15, 0.2) is 72.9 Å². The fourth-order valence-electron chi connectivity index (χ4n) is 5.71. The molecule has 0 unspecified atom stereocenters. The van der Waals surface area contributed by atoms with Crippen LogP contribution < -0.4 is 5.32 Å². The van der Waals surface area contributed by atoms with E-state index in [1.54, 1.807) is 25.3 Å². The van der Waals surface area contributed by atoms with E-state index in [1.165, 1.54) is 0 Å². The SMILES string of the molecule is Cc1cc2ncc3cc(-c4ccccc4)c(-c4ccc(C5(NC(=O)OC(C)(C)C)CC(O)(CO)C5)cc4)nc3n2n1. The van der Waals surface area contributed by atoms with Gasteiger partial charge in [-0.3, -0.25) is 0 Å². The molecule has 9 heteroatoms. The smallest absolute Gasteiger partial charge is 0.408 e. The summed E-state index contributed by atoms with van der Waals surface area (Å²) in [6.07, 6.45) is 1.59. The number of rotatable bonds is 5. The number of fused-ring (bicyclic) bond motifs is 3. The first-order chi connectivity index (χ1) is 19.5. The molecule has 3 heterocycles. The van der Waals surface area contributed by atoms with Crippen LogP contribution >= 0.6 is 0 Å². The van der Waals surface area contributed by atoms with E-state index >= 15 is 0 Å². The minimum absolute atomic E-state index is 0.169. The van der Waals surface area contributed by atoms with Gasteiger partial charge in [0.25, 0.3) is 0 Å². The maximum absolute atomic E-state index is 12.8. The first-order valence-electron chi connectivity index (χ1n) is 13.6. The Morgan fingerprint density at radius 1 is 1.05 bits per heavy atom. The number of ether oxygens (including phenoxy) is 1. The Kier molecular flexibility index (Phi) is 6.32. The molecule has 1 aliphatic carbocycles. The summed E-state index contributed by atoms with van der Waals surface area (Å²) < 4.78 is 7.28. The largest absolute Gasteiger partial charge is 0.444 e. The zero-order valence-electron chi connectivity index (χ0n) is 23.5. The standard InChI is InChI=1S/C32H33N5O4/c1-20-14-26-33-16-23-15-25(21-8-6-5-7-9-21)27(34-28(23)37(26)36-20)22-10-12-24(13-11-22)32(17-31(40,18-32)19-38)35-29(39)41-30(2,3)4/h5-16,38,40H,17-19H2,1-4H3,(H,35,39). The van der Waals surface area contributed by atoms with Gasteiger partial charge in [-0.2, -0.15) is 9.61 Å². The molecular weight excluding hydrogens is 518 g/mol. The number of amides is 1. The van der Waals surface area contributed by atoms with Crippen molar-refractivity contribution in [3.8, 4) is 22.4 Å². The third-order valence-electron chi connectivity index (χ3n) is 7.47. The van der Waals surface area contributed by atoms with Crippen molar-refractivity contribution < 1.29 is 19.7 Å². The van der Waals surface area contributed by atoms with E-state index in [0.717, 1.165) is 44.7 Å². The van der Waals surface area contributed by atoms with E-state index in [0.29, 0.717) is 5.65 Å². The van der Waals surface area contributed by atoms with Crippen molar-refractivity contribution in [1.82, 2.24) is 24.9 Å². The van der Waals surface area contributed by atoms with Crippen molar-refractivity contribution >= 4 is 22.8 Å². The van der Waals surface area contributed by atoms with Gasteiger partial charge in [0.15, 0.2) is 11.3 Å². The lowest BCUT2D eigenvalue weighted by atomic mass is 9.62. The Bertz CT molecular complexity index is 1750. The molecule has 3 N–H and O–H groups in total. The quantitative estimate of drug-likeness (QED) is 0.276. The van der Waals surface area contributed by atoms with E-state index < -0.39 is 22.8 Å². The van der Waals surface area contributed by atoms with Gasteiger partial charge < -0.3 is 20.3 Å². The maximum Gasteiger partial charge on any atom is 0.408 e. The molecule has 41 heavy (non-hydrogen) atoms. The van der Waals surface area contributed by atoms with Gasteiger partial charge >= 0.3 is 6.09 Å². The summed E-state index contributed by atoms with van der Waals surface area (Å²) in [6, 6.07) is 21.9. The number of aryl methyl sites for hydroxylation is 1. The lowest BCUT2D eigenvalue weighted by Gasteiger charge is -2.53. The lowest BCUT2D eigenvalue weighted by Crippen LogP contribution is -2.64. The zero-order chi connectivity index (χ0) is 29.0. The molecule has 0 saturated heterocycles. The van der Waals surface area contributed by atoms with Gasteiger partial charge in [-0.1, -0.05) is 54.6 Å². The molecule has 0 radical (unpaired) electrons. The summed E-state index contributed by atoms with van der Waals surface area (Å²) >= 11 is 0. The number of aromatic nitrogens is 4. The van der Waals surface area contributed by atoms with Gasteiger partial charge in [0, 0.05) is 41.6 Å². The Morgan fingerprint density at radius 2 is 1.76 bits per heavy atom. The van der Waals surface area contributed by atoms with Crippen molar-refractivity contribution in [2.24, 2.45) is 0 Å². The van der Waals surface area contributed by atoms with Gasteiger partial charge in [-0.25, -0.2) is 14.8 Å². The summed E-state index contributed by atoms with van der Waals surface area (Å²) in [5, 5.41) is 28.9.